The minimum Gasteiger partial charge on any atom is -0.318 e. The van der Waals surface area contributed by atoms with Crippen molar-refractivity contribution in [3.8, 4) is 11.8 Å². The summed E-state index contributed by atoms with van der Waals surface area (Å²) in [5.41, 5.74) is 3.58. The Morgan fingerprint density at radius 2 is 1.79 bits per heavy atom. The molecule has 7 heteroatoms. The number of aryl methyl sites for hydroxylation is 1. The summed E-state index contributed by atoms with van der Waals surface area (Å²) in [5, 5.41) is 13.5. The van der Waals surface area contributed by atoms with Crippen molar-refractivity contribution < 1.29 is 0 Å². The molecule has 7 nitrogen and oxygen atoms in total. The SMILES string of the molecule is Cc1cc(C=Nn2c(=O)[nH]c3ccccc3c2=O)c(C)n1-c1ccc(C#N)cc1. The van der Waals surface area contributed by atoms with E-state index in [0.29, 0.717) is 16.5 Å². The lowest BCUT2D eigenvalue weighted by Gasteiger charge is -2.09. The maximum Gasteiger partial charge on any atom is 0.349 e. The van der Waals surface area contributed by atoms with Crippen molar-refractivity contribution in [1.82, 2.24) is 14.2 Å². The normalized spacial score (nSPS) is 11.2. The maximum absolute atomic E-state index is 12.6. The summed E-state index contributed by atoms with van der Waals surface area (Å²) in [6.45, 7) is 3.89. The van der Waals surface area contributed by atoms with Gasteiger partial charge in [-0.2, -0.15) is 10.4 Å². The molecule has 142 valence electrons. The van der Waals surface area contributed by atoms with Crippen molar-refractivity contribution >= 4 is 17.1 Å². The third-order valence-corrected chi connectivity index (χ3v) is 4.82. The van der Waals surface area contributed by atoms with E-state index in [1.165, 1.54) is 6.21 Å². The van der Waals surface area contributed by atoms with Gasteiger partial charge in [0.1, 0.15) is 0 Å². The molecule has 0 spiro atoms. The zero-order chi connectivity index (χ0) is 20.5. The van der Waals surface area contributed by atoms with Crippen LogP contribution in [-0.2, 0) is 0 Å². The van der Waals surface area contributed by atoms with E-state index in [1.807, 2.05) is 36.6 Å². The number of hydrogen-bond acceptors (Lipinski definition) is 4. The summed E-state index contributed by atoms with van der Waals surface area (Å²) in [4.78, 5) is 27.5. The average Bonchev–Trinajstić information content (AvgIpc) is 3.01. The van der Waals surface area contributed by atoms with Crippen molar-refractivity contribution in [3.63, 3.8) is 0 Å². The highest BCUT2D eigenvalue weighted by Crippen LogP contribution is 2.20. The molecule has 29 heavy (non-hydrogen) atoms. The number of nitrogens with zero attached hydrogens (tertiary/aromatic N) is 4. The van der Waals surface area contributed by atoms with Crippen molar-refractivity contribution in [2.75, 3.05) is 0 Å². The molecule has 2 aromatic carbocycles. The number of benzene rings is 2. The van der Waals surface area contributed by atoms with Gasteiger partial charge in [0.05, 0.1) is 28.8 Å². The van der Waals surface area contributed by atoms with Gasteiger partial charge in [-0.3, -0.25) is 4.79 Å². The number of rotatable bonds is 3. The van der Waals surface area contributed by atoms with E-state index in [1.54, 1.807) is 36.4 Å². The summed E-state index contributed by atoms with van der Waals surface area (Å²) < 4.78 is 2.85. The van der Waals surface area contributed by atoms with Crippen molar-refractivity contribution in [2.24, 2.45) is 5.10 Å². The van der Waals surface area contributed by atoms with Gasteiger partial charge >= 0.3 is 5.69 Å². The summed E-state index contributed by atoms with van der Waals surface area (Å²) in [6.07, 6.45) is 1.51. The lowest BCUT2D eigenvalue weighted by atomic mass is 10.2. The second kappa shape index (κ2) is 7.09. The van der Waals surface area contributed by atoms with E-state index in [-0.39, 0.29) is 0 Å². The molecular formula is C22H17N5O2. The summed E-state index contributed by atoms with van der Waals surface area (Å²) >= 11 is 0. The number of H-pyrrole nitrogens is 1. The van der Waals surface area contributed by atoms with E-state index < -0.39 is 11.2 Å². The minimum absolute atomic E-state index is 0.396. The number of hydrogen-bond donors (Lipinski definition) is 1. The molecule has 0 aliphatic carbocycles. The number of aromatic nitrogens is 3. The first-order valence-electron chi connectivity index (χ1n) is 8.97. The second-order valence-corrected chi connectivity index (χ2v) is 6.66. The number of aromatic amines is 1. The zero-order valence-corrected chi connectivity index (χ0v) is 15.9. The van der Waals surface area contributed by atoms with Crippen molar-refractivity contribution in [2.45, 2.75) is 13.8 Å². The lowest BCUT2D eigenvalue weighted by Crippen LogP contribution is -2.32. The van der Waals surface area contributed by atoms with Gasteiger partial charge in [0.15, 0.2) is 0 Å². The van der Waals surface area contributed by atoms with Crippen LogP contribution >= 0.6 is 0 Å². The predicted octanol–water partition coefficient (Wildman–Crippen LogP) is 2.85. The van der Waals surface area contributed by atoms with Gasteiger partial charge in [0.2, 0.25) is 0 Å². The van der Waals surface area contributed by atoms with E-state index >= 15 is 0 Å². The topological polar surface area (TPSA) is 95.9 Å². The third-order valence-electron chi connectivity index (χ3n) is 4.82. The molecule has 1 N–H and O–H groups in total. The molecule has 4 rings (SSSR count). The molecule has 2 aromatic heterocycles. The smallest absolute Gasteiger partial charge is 0.318 e. The first kappa shape index (κ1) is 18.2. The molecule has 0 aliphatic rings. The lowest BCUT2D eigenvalue weighted by molar-refractivity contribution is 0.771. The van der Waals surface area contributed by atoms with Crippen molar-refractivity contribution in [3.05, 3.63) is 98.0 Å². The Morgan fingerprint density at radius 1 is 1.07 bits per heavy atom. The molecule has 0 fully saturated rings. The fourth-order valence-electron chi connectivity index (χ4n) is 3.38. The van der Waals surface area contributed by atoms with Gasteiger partial charge < -0.3 is 9.55 Å². The second-order valence-electron chi connectivity index (χ2n) is 6.66. The van der Waals surface area contributed by atoms with Crippen LogP contribution < -0.4 is 11.2 Å². The van der Waals surface area contributed by atoms with Crippen LogP contribution in [0.4, 0.5) is 0 Å². The van der Waals surface area contributed by atoms with Crippen LogP contribution in [0.2, 0.25) is 0 Å². The molecule has 0 amide bonds. The van der Waals surface area contributed by atoms with Gasteiger partial charge in [-0.15, -0.1) is 4.68 Å². The van der Waals surface area contributed by atoms with Crippen LogP contribution in [0.25, 0.3) is 16.6 Å². The maximum atomic E-state index is 12.6. The summed E-state index contributed by atoms with van der Waals surface area (Å²) in [6, 6.07) is 18.1. The van der Waals surface area contributed by atoms with E-state index in [9.17, 15) is 9.59 Å². The number of fused-ring (bicyclic) bond motifs is 1. The quantitative estimate of drug-likeness (QED) is 0.551. The van der Waals surface area contributed by atoms with Crippen LogP contribution in [0.5, 0.6) is 0 Å². The zero-order valence-electron chi connectivity index (χ0n) is 15.9. The molecule has 0 saturated heterocycles. The first-order valence-corrected chi connectivity index (χ1v) is 8.97. The molecule has 0 unspecified atom stereocenters. The molecule has 0 aliphatic heterocycles. The Morgan fingerprint density at radius 3 is 2.52 bits per heavy atom. The molecule has 0 saturated carbocycles. The van der Waals surface area contributed by atoms with E-state index in [2.05, 4.69) is 16.2 Å². The average molecular weight is 383 g/mol. The highest BCUT2D eigenvalue weighted by molar-refractivity contribution is 5.82. The highest BCUT2D eigenvalue weighted by Gasteiger charge is 2.11. The van der Waals surface area contributed by atoms with Crippen LogP contribution in [-0.4, -0.2) is 20.4 Å². The Labute approximate surface area is 165 Å². The predicted molar refractivity (Wildman–Crippen MR) is 112 cm³/mol. The Bertz CT molecular complexity index is 1410. The minimum atomic E-state index is -0.592. The molecule has 0 bridgehead atoms. The molecule has 2 heterocycles. The van der Waals surface area contributed by atoms with Crippen LogP contribution in [0.15, 0.2) is 69.3 Å². The van der Waals surface area contributed by atoms with Gasteiger partial charge in [-0.25, -0.2) is 4.79 Å². The van der Waals surface area contributed by atoms with Crippen LogP contribution in [0, 0.1) is 25.2 Å². The first-order chi connectivity index (χ1) is 14.0. The number of nitriles is 1. The van der Waals surface area contributed by atoms with Crippen molar-refractivity contribution in [1.29, 1.82) is 5.26 Å². The summed E-state index contributed by atoms with van der Waals surface area (Å²) in [7, 11) is 0. The molecule has 0 radical (unpaired) electrons. The molecular weight excluding hydrogens is 366 g/mol. The van der Waals surface area contributed by atoms with Gasteiger partial charge in [-0.05, 0) is 56.3 Å². The fraction of sp³-hybridized carbons (Fsp3) is 0.0909. The fourth-order valence-corrected chi connectivity index (χ4v) is 3.38. The third kappa shape index (κ3) is 3.17. The highest BCUT2D eigenvalue weighted by atomic mass is 16.2. The van der Waals surface area contributed by atoms with Gasteiger partial charge in [0.25, 0.3) is 5.56 Å². The number of nitrogens with one attached hydrogen (secondary N) is 1. The Balaban J connectivity index is 1.77. The van der Waals surface area contributed by atoms with E-state index in [4.69, 9.17) is 5.26 Å². The standard InChI is InChI=1S/C22H17N5O2/c1-14-11-17(15(2)26(14)18-9-7-16(12-23)8-10-18)13-24-27-21(28)19-5-3-4-6-20(19)25-22(27)29/h3-11,13H,1-2H3,(H,25,29). The Kier molecular flexibility index (Phi) is 4.45. The van der Waals surface area contributed by atoms with Crippen LogP contribution in [0.3, 0.4) is 0 Å². The molecule has 0 atom stereocenters. The monoisotopic (exact) mass is 383 g/mol. The molecule has 4 aromatic rings. The number of para-hydroxylation sites is 1. The Hall–Kier alpha value is -4.18. The van der Waals surface area contributed by atoms with Crippen LogP contribution in [0.1, 0.15) is 22.5 Å². The summed E-state index contributed by atoms with van der Waals surface area (Å²) in [5.74, 6) is 0. The van der Waals surface area contributed by atoms with E-state index in [0.717, 1.165) is 27.3 Å². The van der Waals surface area contributed by atoms with Gasteiger partial charge in [-0.1, -0.05) is 12.1 Å². The van der Waals surface area contributed by atoms with Gasteiger partial charge in [0, 0.05) is 22.6 Å². The largest absolute Gasteiger partial charge is 0.349 e.